The molecule has 2 heterocycles. The number of thiophene rings is 1. The molecule has 0 aromatic carbocycles. The van der Waals surface area contributed by atoms with Gasteiger partial charge in [-0.1, -0.05) is 0 Å². The molecule has 1 aliphatic carbocycles. The molecule has 3 nitrogen and oxygen atoms in total. The fourth-order valence-corrected chi connectivity index (χ4v) is 5.68. The lowest BCUT2D eigenvalue weighted by Crippen LogP contribution is -2.41. The topological polar surface area (TPSA) is 37.4 Å². The summed E-state index contributed by atoms with van der Waals surface area (Å²) < 4.78 is 26.3. The molecule has 2 aliphatic rings. The Morgan fingerprint density at radius 1 is 1.44 bits per heavy atom. The summed E-state index contributed by atoms with van der Waals surface area (Å²) in [5.41, 5.74) is 1.24. The fraction of sp³-hybridized carbons (Fsp3) is 0.667. The average Bonchev–Trinajstić information content (AvgIpc) is 3.04. The highest BCUT2D eigenvalue weighted by atomic mass is 35.5. The highest BCUT2D eigenvalue weighted by Crippen LogP contribution is 2.49. The minimum atomic E-state index is -3.20. The van der Waals surface area contributed by atoms with E-state index in [1.54, 1.807) is 15.6 Å². The van der Waals surface area contributed by atoms with Gasteiger partial charge in [-0.3, -0.25) is 0 Å². The predicted molar refractivity (Wildman–Crippen MR) is 74.7 cm³/mol. The van der Waals surface area contributed by atoms with Crippen LogP contribution >= 0.6 is 22.9 Å². The van der Waals surface area contributed by atoms with Crippen LogP contribution in [0.5, 0.6) is 0 Å². The van der Waals surface area contributed by atoms with Gasteiger partial charge in [0.2, 0.25) is 10.0 Å². The molecule has 0 N–H and O–H groups in total. The molecular formula is C12H16ClNO2S2. The maximum Gasteiger partial charge on any atom is 0.215 e. The lowest BCUT2D eigenvalue weighted by atomic mass is 9.98. The van der Waals surface area contributed by atoms with E-state index in [-0.39, 0.29) is 17.7 Å². The average molecular weight is 306 g/mol. The van der Waals surface area contributed by atoms with Crippen molar-refractivity contribution in [2.75, 3.05) is 18.2 Å². The summed E-state index contributed by atoms with van der Waals surface area (Å²) in [6, 6.07) is 2.18. The number of alkyl halides is 1. The van der Waals surface area contributed by atoms with E-state index in [0.29, 0.717) is 12.5 Å². The van der Waals surface area contributed by atoms with Crippen LogP contribution in [-0.2, 0) is 16.4 Å². The number of rotatable bonds is 4. The second-order valence-electron chi connectivity index (χ2n) is 4.95. The van der Waals surface area contributed by atoms with Gasteiger partial charge in [0.15, 0.2) is 0 Å². The maximum absolute atomic E-state index is 12.3. The Kier molecular flexibility index (Phi) is 3.43. The Bertz CT molecular complexity index is 536. The zero-order chi connectivity index (χ0) is 12.8. The van der Waals surface area contributed by atoms with Crippen molar-refractivity contribution in [2.45, 2.75) is 25.3 Å². The lowest BCUT2D eigenvalue weighted by Gasteiger charge is -2.35. The van der Waals surface area contributed by atoms with E-state index in [9.17, 15) is 8.42 Å². The summed E-state index contributed by atoms with van der Waals surface area (Å²) in [5, 5.41) is 2.08. The Labute approximate surface area is 117 Å². The third-order valence-corrected chi connectivity index (χ3v) is 6.98. The largest absolute Gasteiger partial charge is 0.215 e. The van der Waals surface area contributed by atoms with Gasteiger partial charge in [0.1, 0.15) is 0 Å². The molecule has 1 atom stereocenters. The Hall–Kier alpha value is -0.100. The number of halogens is 1. The van der Waals surface area contributed by atoms with E-state index in [2.05, 4.69) is 11.4 Å². The van der Waals surface area contributed by atoms with Crippen LogP contribution in [0.25, 0.3) is 0 Å². The van der Waals surface area contributed by atoms with Crippen LogP contribution in [0.4, 0.5) is 0 Å². The van der Waals surface area contributed by atoms with Crippen LogP contribution in [0.3, 0.4) is 0 Å². The molecule has 1 aromatic rings. The van der Waals surface area contributed by atoms with Crippen LogP contribution in [0, 0.1) is 5.92 Å². The van der Waals surface area contributed by atoms with Gasteiger partial charge in [-0.05, 0) is 42.2 Å². The first kappa shape index (κ1) is 12.9. The van der Waals surface area contributed by atoms with Crippen molar-refractivity contribution in [3.05, 3.63) is 21.9 Å². The van der Waals surface area contributed by atoms with Crippen LogP contribution in [0.2, 0.25) is 0 Å². The van der Waals surface area contributed by atoms with E-state index in [0.717, 1.165) is 19.3 Å². The van der Waals surface area contributed by atoms with Gasteiger partial charge < -0.3 is 0 Å². The van der Waals surface area contributed by atoms with Gasteiger partial charge in [0.05, 0.1) is 11.8 Å². The quantitative estimate of drug-likeness (QED) is 0.802. The maximum atomic E-state index is 12.3. The van der Waals surface area contributed by atoms with Gasteiger partial charge in [0, 0.05) is 17.3 Å². The van der Waals surface area contributed by atoms with Crippen LogP contribution in [0.1, 0.15) is 29.3 Å². The second kappa shape index (κ2) is 4.78. The van der Waals surface area contributed by atoms with Crippen LogP contribution < -0.4 is 0 Å². The number of nitrogens with zero attached hydrogens (tertiary/aromatic N) is 1. The number of fused-ring (bicyclic) bond motifs is 1. The van der Waals surface area contributed by atoms with Crippen molar-refractivity contribution in [3.63, 3.8) is 0 Å². The molecule has 100 valence electrons. The van der Waals surface area contributed by atoms with Crippen LogP contribution in [-0.4, -0.2) is 30.9 Å². The zero-order valence-corrected chi connectivity index (χ0v) is 12.4. The second-order valence-corrected chi connectivity index (χ2v) is 8.37. The van der Waals surface area contributed by atoms with Crippen molar-refractivity contribution >= 4 is 33.0 Å². The summed E-state index contributed by atoms with van der Waals surface area (Å²) in [6.45, 7) is 0.619. The Balaban J connectivity index is 1.96. The molecule has 0 bridgehead atoms. The molecule has 18 heavy (non-hydrogen) atoms. The molecule has 3 rings (SSSR count). The molecule has 0 saturated heterocycles. The molecule has 6 heteroatoms. The van der Waals surface area contributed by atoms with Gasteiger partial charge in [-0.15, -0.1) is 22.9 Å². The first-order valence-corrected chi connectivity index (χ1v) is 9.27. The molecule has 0 amide bonds. The van der Waals surface area contributed by atoms with Gasteiger partial charge in [-0.2, -0.15) is 4.31 Å². The summed E-state index contributed by atoms with van der Waals surface area (Å²) in [4.78, 5) is 1.37. The molecule has 1 aromatic heterocycles. The molecular weight excluding hydrogens is 290 g/mol. The van der Waals surface area contributed by atoms with Crippen molar-refractivity contribution in [1.82, 2.24) is 4.31 Å². The third-order valence-electron chi connectivity index (χ3n) is 3.73. The van der Waals surface area contributed by atoms with E-state index < -0.39 is 10.0 Å². The summed E-state index contributed by atoms with van der Waals surface area (Å²) in [5.74, 6) is 0.744. The van der Waals surface area contributed by atoms with Crippen molar-refractivity contribution in [2.24, 2.45) is 5.92 Å². The van der Waals surface area contributed by atoms with Crippen molar-refractivity contribution < 1.29 is 8.42 Å². The smallest absolute Gasteiger partial charge is 0.212 e. The van der Waals surface area contributed by atoms with Crippen molar-refractivity contribution in [1.29, 1.82) is 0 Å². The van der Waals surface area contributed by atoms with E-state index in [1.807, 2.05) is 0 Å². The first-order valence-electron chi connectivity index (χ1n) is 6.25. The van der Waals surface area contributed by atoms with Gasteiger partial charge in [0.25, 0.3) is 0 Å². The number of hydrogen-bond acceptors (Lipinski definition) is 3. The standard InChI is InChI=1S/C12H16ClNO2S2/c13-5-8-18(15,16)14-6-3-11-10(4-7-17-11)12(14)9-1-2-9/h4,7,9,12H,1-3,5-6,8H2. The normalized spacial score (nSPS) is 25.1. The van der Waals surface area contributed by atoms with E-state index >= 15 is 0 Å². The molecule has 1 aliphatic heterocycles. The molecule has 1 unspecified atom stereocenters. The minimum Gasteiger partial charge on any atom is -0.212 e. The summed E-state index contributed by atoms with van der Waals surface area (Å²) in [6.07, 6.45) is 3.14. The molecule has 1 fully saturated rings. The first-order chi connectivity index (χ1) is 8.63. The predicted octanol–water partition coefficient (Wildman–Crippen LogP) is 2.63. The Morgan fingerprint density at radius 3 is 2.89 bits per heavy atom. The monoisotopic (exact) mass is 305 g/mol. The van der Waals surface area contributed by atoms with E-state index in [4.69, 9.17) is 11.6 Å². The highest BCUT2D eigenvalue weighted by molar-refractivity contribution is 7.89. The molecule has 1 saturated carbocycles. The summed E-state index contributed by atoms with van der Waals surface area (Å²) in [7, 11) is -3.20. The fourth-order valence-electron chi connectivity index (χ4n) is 2.75. The molecule has 0 spiro atoms. The van der Waals surface area contributed by atoms with E-state index in [1.165, 1.54) is 10.4 Å². The SMILES string of the molecule is O=S(=O)(CCCl)N1CCc2sccc2C1C1CC1. The minimum absolute atomic E-state index is 0.0528. The molecule has 0 radical (unpaired) electrons. The number of hydrogen-bond donors (Lipinski definition) is 0. The van der Waals surface area contributed by atoms with Crippen LogP contribution in [0.15, 0.2) is 11.4 Å². The number of sulfonamides is 1. The zero-order valence-electron chi connectivity index (χ0n) is 10.0. The highest BCUT2D eigenvalue weighted by Gasteiger charge is 2.44. The summed E-state index contributed by atoms with van der Waals surface area (Å²) >= 11 is 7.38. The lowest BCUT2D eigenvalue weighted by molar-refractivity contribution is 0.283. The Morgan fingerprint density at radius 2 is 2.22 bits per heavy atom. The van der Waals surface area contributed by atoms with Gasteiger partial charge in [-0.25, -0.2) is 8.42 Å². The van der Waals surface area contributed by atoms with Crippen molar-refractivity contribution in [3.8, 4) is 0 Å². The third kappa shape index (κ3) is 2.22. The van der Waals surface area contributed by atoms with Gasteiger partial charge >= 0.3 is 0 Å².